The van der Waals surface area contributed by atoms with E-state index in [1.807, 2.05) is 0 Å². The van der Waals surface area contributed by atoms with Gasteiger partial charge in [0, 0.05) is 18.3 Å². The standard InChI is InChI=1S/C13H18N2O/c16-13(12-10-14-8-9-15-12)11-6-4-2-1-3-5-7-11/h8-11H,1-7H2. The van der Waals surface area contributed by atoms with Crippen molar-refractivity contribution in [3.05, 3.63) is 24.3 Å². The average Bonchev–Trinajstić information content (AvgIpc) is 2.29. The number of nitrogens with zero attached hydrogens (tertiary/aromatic N) is 2. The van der Waals surface area contributed by atoms with Crippen molar-refractivity contribution in [2.45, 2.75) is 44.9 Å². The van der Waals surface area contributed by atoms with E-state index in [4.69, 9.17) is 0 Å². The Labute approximate surface area is 96.3 Å². The molecule has 0 atom stereocenters. The first-order valence-electron chi connectivity index (χ1n) is 6.18. The van der Waals surface area contributed by atoms with Crippen LogP contribution < -0.4 is 0 Å². The van der Waals surface area contributed by atoms with Gasteiger partial charge in [0.1, 0.15) is 5.69 Å². The predicted octanol–water partition coefficient (Wildman–Crippen LogP) is 3.02. The van der Waals surface area contributed by atoms with Gasteiger partial charge in [0.15, 0.2) is 5.78 Å². The smallest absolute Gasteiger partial charge is 0.185 e. The van der Waals surface area contributed by atoms with Gasteiger partial charge in [0.2, 0.25) is 0 Å². The van der Waals surface area contributed by atoms with E-state index < -0.39 is 0 Å². The van der Waals surface area contributed by atoms with Crippen LogP contribution >= 0.6 is 0 Å². The number of hydrogen-bond acceptors (Lipinski definition) is 3. The Bertz CT molecular complexity index is 329. The maximum absolute atomic E-state index is 12.2. The molecule has 0 radical (unpaired) electrons. The molecule has 1 saturated carbocycles. The van der Waals surface area contributed by atoms with E-state index in [-0.39, 0.29) is 11.7 Å². The highest BCUT2D eigenvalue weighted by Crippen LogP contribution is 2.24. The van der Waals surface area contributed by atoms with Crippen LogP contribution in [0.4, 0.5) is 0 Å². The summed E-state index contributed by atoms with van der Waals surface area (Å²) in [6.45, 7) is 0. The fourth-order valence-corrected chi connectivity index (χ4v) is 2.35. The molecule has 0 aromatic carbocycles. The van der Waals surface area contributed by atoms with Crippen molar-refractivity contribution in [3.8, 4) is 0 Å². The predicted molar refractivity (Wildman–Crippen MR) is 62.2 cm³/mol. The third-order valence-corrected chi connectivity index (χ3v) is 3.29. The number of hydrogen-bond donors (Lipinski definition) is 0. The van der Waals surface area contributed by atoms with Gasteiger partial charge in [-0.15, -0.1) is 0 Å². The minimum atomic E-state index is 0.178. The molecule has 0 aliphatic heterocycles. The minimum absolute atomic E-state index is 0.178. The number of rotatable bonds is 2. The molecular formula is C13H18N2O. The van der Waals surface area contributed by atoms with Gasteiger partial charge in [-0.2, -0.15) is 0 Å². The Kier molecular flexibility index (Phi) is 4.03. The molecule has 1 aliphatic carbocycles. The van der Waals surface area contributed by atoms with Gasteiger partial charge in [-0.3, -0.25) is 9.78 Å². The third-order valence-electron chi connectivity index (χ3n) is 3.29. The van der Waals surface area contributed by atoms with Crippen LogP contribution in [0, 0.1) is 5.92 Å². The highest BCUT2D eigenvalue weighted by Gasteiger charge is 2.21. The summed E-state index contributed by atoms with van der Waals surface area (Å²) in [6, 6.07) is 0. The summed E-state index contributed by atoms with van der Waals surface area (Å²) in [5.74, 6) is 0.368. The highest BCUT2D eigenvalue weighted by molar-refractivity contribution is 5.95. The van der Waals surface area contributed by atoms with Gasteiger partial charge in [0.25, 0.3) is 0 Å². The maximum atomic E-state index is 12.2. The average molecular weight is 218 g/mol. The molecule has 1 heterocycles. The van der Waals surface area contributed by atoms with Crippen molar-refractivity contribution in [3.63, 3.8) is 0 Å². The molecule has 1 aliphatic rings. The second-order valence-electron chi connectivity index (χ2n) is 4.50. The van der Waals surface area contributed by atoms with Gasteiger partial charge in [-0.05, 0) is 12.8 Å². The molecule has 86 valence electrons. The summed E-state index contributed by atoms with van der Waals surface area (Å²) in [6.07, 6.45) is 13.0. The molecule has 1 fully saturated rings. The first-order valence-corrected chi connectivity index (χ1v) is 6.18. The first-order chi connectivity index (χ1) is 7.88. The molecule has 0 N–H and O–H groups in total. The third kappa shape index (κ3) is 2.87. The molecule has 16 heavy (non-hydrogen) atoms. The Morgan fingerprint density at radius 2 is 1.75 bits per heavy atom. The summed E-state index contributed by atoms with van der Waals surface area (Å²) in [5, 5.41) is 0. The van der Waals surface area contributed by atoms with E-state index >= 15 is 0 Å². The number of carbonyl (C=O) groups excluding carboxylic acids is 1. The number of ketones is 1. The van der Waals surface area contributed by atoms with Gasteiger partial charge in [-0.1, -0.05) is 32.1 Å². The fraction of sp³-hybridized carbons (Fsp3) is 0.615. The Hall–Kier alpha value is -1.25. The number of aromatic nitrogens is 2. The van der Waals surface area contributed by atoms with Crippen LogP contribution in [0.25, 0.3) is 0 Å². The van der Waals surface area contributed by atoms with Crippen molar-refractivity contribution in [2.75, 3.05) is 0 Å². The lowest BCUT2D eigenvalue weighted by molar-refractivity contribution is 0.0892. The van der Waals surface area contributed by atoms with Crippen molar-refractivity contribution in [2.24, 2.45) is 5.92 Å². The second-order valence-corrected chi connectivity index (χ2v) is 4.50. The summed E-state index contributed by atoms with van der Waals surface area (Å²) in [5.41, 5.74) is 0.535. The molecule has 1 aromatic rings. The van der Waals surface area contributed by atoms with Crippen LogP contribution in [0.1, 0.15) is 55.4 Å². The molecule has 0 saturated heterocycles. The van der Waals surface area contributed by atoms with Crippen LogP contribution in [0.15, 0.2) is 18.6 Å². The Morgan fingerprint density at radius 1 is 1.06 bits per heavy atom. The molecule has 0 spiro atoms. The SMILES string of the molecule is O=C(c1cnccn1)C1CCCCCCC1. The molecular weight excluding hydrogens is 200 g/mol. The van der Waals surface area contributed by atoms with Crippen LogP contribution in [0.2, 0.25) is 0 Å². The van der Waals surface area contributed by atoms with Gasteiger partial charge < -0.3 is 0 Å². The van der Waals surface area contributed by atoms with Crippen molar-refractivity contribution < 1.29 is 4.79 Å². The zero-order valence-corrected chi connectivity index (χ0v) is 9.56. The molecule has 3 nitrogen and oxygen atoms in total. The quantitative estimate of drug-likeness (QED) is 0.716. The van der Waals surface area contributed by atoms with E-state index in [1.54, 1.807) is 18.6 Å². The molecule has 0 bridgehead atoms. The fourth-order valence-electron chi connectivity index (χ4n) is 2.35. The second kappa shape index (κ2) is 5.73. The molecule has 3 heteroatoms. The summed E-state index contributed by atoms with van der Waals surface area (Å²) in [7, 11) is 0. The number of Topliss-reactive ketones (excluding diaryl/α,β-unsaturated/α-hetero) is 1. The zero-order chi connectivity index (χ0) is 11.2. The zero-order valence-electron chi connectivity index (χ0n) is 9.56. The Balaban J connectivity index is 2.02. The normalized spacial score (nSPS) is 18.8. The van der Waals surface area contributed by atoms with Crippen LogP contribution in [-0.4, -0.2) is 15.8 Å². The molecule has 0 amide bonds. The van der Waals surface area contributed by atoms with Gasteiger partial charge >= 0.3 is 0 Å². The lowest BCUT2D eigenvalue weighted by Gasteiger charge is -2.17. The lowest BCUT2D eigenvalue weighted by atomic mass is 9.87. The minimum Gasteiger partial charge on any atom is -0.292 e. The topological polar surface area (TPSA) is 42.9 Å². The van der Waals surface area contributed by atoms with E-state index in [9.17, 15) is 4.79 Å². The van der Waals surface area contributed by atoms with E-state index in [0.717, 1.165) is 12.8 Å². The largest absolute Gasteiger partial charge is 0.292 e. The molecule has 1 aromatic heterocycles. The van der Waals surface area contributed by atoms with E-state index in [2.05, 4.69) is 9.97 Å². The van der Waals surface area contributed by atoms with Crippen LogP contribution in [-0.2, 0) is 0 Å². The lowest BCUT2D eigenvalue weighted by Crippen LogP contribution is -2.17. The Morgan fingerprint density at radius 3 is 2.38 bits per heavy atom. The first kappa shape index (κ1) is 11.2. The summed E-state index contributed by atoms with van der Waals surface area (Å²) in [4.78, 5) is 20.2. The van der Waals surface area contributed by atoms with E-state index in [1.165, 1.54) is 32.1 Å². The summed E-state index contributed by atoms with van der Waals surface area (Å²) < 4.78 is 0. The highest BCUT2D eigenvalue weighted by atomic mass is 16.1. The van der Waals surface area contributed by atoms with E-state index in [0.29, 0.717) is 5.69 Å². The van der Waals surface area contributed by atoms with Crippen LogP contribution in [0.3, 0.4) is 0 Å². The molecule has 0 unspecified atom stereocenters. The van der Waals surface area contributed by atoms with Gasteiger partial charge in [-0.25, -0.2) is 4.98 Å². The number of carbonyl (C=O) groups is 1. The van der Waals surface area contributed by atoms with Gasteiger partial charge in [0.05, 0.1) is 6.20 Å². The summed E-state index contributed by atoms with van der Waals surface area (Å²) >= 11 is 0. The van der Waals surface area contributed by atoms with Crippen molar-refractivity contribution in [1.29, 1.82) is 0 Å². The maximum Gasteiger partial charge on any atom is 0.185 e. The molecule has 2 rings (SSSR count). The van der Waals surface area contributed by atoms with Crippen LogP contribution in [0.5, 0.6) is 0 Å². The van der Waals surface area contributed by atoms with Crippen molar-refractivity contribution >= 4 is 5.78 Å². The monoisotopic (exact) mass is 218 g/mol. The van der Waals surface area contributed by atoms with Crippen molar-refractivity contribution in [1.82, 2.24) is 9.97 Å².